The molecule has 1 unspecified atom stereocenters. The minimum atomic E-state index is -0.652. The molecule has 0 bridgehead atoms. The number of rotatable bonds is 8. The molecule has 2 N–H and O–H groups in total. The fraction of sp³-hybridized carbons (Fsp3) is 0.550. The van der Waals surface area contributed by atoms with Crippen LogP contribution in [0.3, 0.4) is 0 Å². The number of nitrogens with zero attached hydrogens (tertiary/aromatic N) is 1. The van der Waals surface area contributed by atoms with E-state index < -0.39 is 6.04 Å². The number of amides is 3. The summed E-state index contributed by atoms with van der Waals surface area (Å²) in [6.07, 6.45) is 2.53. The second kappa shape index (κ2) is 8.83. The van der Waals surface area contributed by atoms with Gasteiger partial charge < -0.3 is 15.5 Å². The molecule has 1 atom stereocenters. The van der Waals surface area contributed by atoms with E-state index in [1.54, 1.807) is 19.2 Å². The predicted molar refractivity (Wildman–Crippen MR) is 101 cm³/mol. The van der Waals surface area contributed by atoms with Crippen molar-refractivity contribution >= 4 is 17.7 Å². The Bertz CT molecular complexity index is 668. The molecule has 26 heavy (non-hydrogen) atoms. The van der Waals surface area contributed by atoms with Gasteiger partial charge in [0.25, 0.3) is 5.91 Å². The van der Waals surface area contributed by atoms with Crippen LogP contribution in [0.1, 0.15) is 49.0 Å². The maximum atomic E-state index is 12.8. The van der Waals surface area contributed by atoms with E-state index in [0.717, 1.165) is 18.4 Å². The summed E-state index contributed by atoms with van der Waals surface area (Å²) >= 11 is 0. The van der Waals surface area contributed by atoms with Crippen LogP contribution in [-0.4, -0.2) is 48.3 Å². The number of benzene rings is 1. The van der Waals surface area contributed by atoms with Crippen molar-refractivity contribution < 1.29 is 14.4 Å². The molecule has 6 heteroatoms. The Morgan fingerprint density at radius 3 is 2.42 bits per heavy atom. The minimum Gasteiger partial charge on any atom is -0.352 e. The molecule has 1 fully saturated rings. The van der Waals surface area contributed by atoms with Gasteiger partial charge in [0.2, 0.25) is 11.8 Å². The van der Waals surface area contributed by atoms with Crippen LogP contribution in [0.4, 0.5) is 0 Å². The van der Waals surface area contributed by atoms with Crippen LogP contribution in [0, 0.1) is 12.8 Å². The van der Waals surface area contributed by atoms with Crippen molar-refractivity contribution in [2.75, 3.05) is 13.6 Å². The summed E-state index contributed by atoms with van der Waals surface area (Å²) in [5.41, 5.74) is 1.42. The van der Waals surface area contributed by atoms with Gasteiger partial charge in [0.1, 0.15) is 6.04 Å². The molecule has 0 saturated heterocycles. The standard InChI is InChI=1S/C20H29N3O3/c1-13(2)11-17(22-19(25)16-8-6-5-7-14(16)3)20(26)23(4)12-18(24)21-15-9-10-15/h5-8,13,15,17H,9-12H2,1-4H3,(H,21,24)(H,22,25). The third kappa shape index (κ3) is 5.86. The molecule has 0 radical (unpaired) electrons. The first-order valence-corrected chi connectivity index (χ1v) is 9.18. The van der Waals surface area contributed by atoms with Gasteiger partial charge in [-0.3, -0.25) is 14.4 Å². The molecule has 0 aliphatic heterocycles. The summed E-state index contributed by atoms with van der Waals surface area (Å²) in [5, 5.41) is 5.72. The number of nitrogens with one attached hydrogen (secondary N) is 2. The number of likely N-dealkylation sites (N-methyl/N-ethyl adjacent to an activating group) is 1. The number of hydrogen-bond acceptors (Lipinski definition) is 3. The Kier molecular flexibility index (Phi) is 6.77. The first-order chi connectivity index (χ1) is 12.3. The maximum absolute atomic E-state index is 12.8. The molecule has 1 aromatic carbocycles. The highest BCUT2D eigenvalue weighted by atomic mass is 16.2. The van der Waals surface area contributed by atoms with E-state index in [1.165, 1.54) is 4.90 Å². The first kappa shape index (κ1) is 19.9. The van der Waals surface area contributed by atoms with Gasteiger partial charge in [-0.2, -0.15) is 0 Å². The van der Waals surface area contributed by atoms with Crippen LogP contribution < -0.4 is 10.6 Å². The molecule has 6 nitrogen and oxygen atoms in total. The number of hydrogen-bond donors (Lipinski definition) is 2. The lowest BCUT2D eigenvalue weighted by molar-refractivity contribution is -0.136. The van der Waals surface area contributed by atoms with E-state index in [1.807, 2.05) is 32.9 Å². The molecule has 1 aliphatic carbocycles. The van der Waals surface area contributed by atoms with E-state index in [-0.39, 0.29) is 36.2 Å². The Morgan fingerprint density at radius 2 is 1.85 bits per heavy atom. The smallest absolute Gasteiger partial charge is 0.252 e. The molecule has 1 aliphatic rings. The van der Waals surface area contributed by atoms with Crippen molar-refractivity contribution in [2.45, 2.75) is 52.1 Å². The third-order valence-electron chi connectivity index (χ3n) is 4.40. The van der Waals surface area contributed by atoms with Gasteiger partial charge in [0.05, 0.1) is 6.54 Å². The third-order valence-corrected chi connectivity index (χ3v) is 4.40. The van der Waals surface area contributed by atoms with Gasteiger partial charge >= 0.3 is 0 Å². The zero-order chi connectivity index (χ0) is 19.3. The van der Waals surface area contributed by atoms with Crippen LogP contribution in [0.5, 0.6) is 0 Å². The molecular weight excluding hydrogens is 330 g/mol. The minimum absolute atomic E-state index is 0.00413. The topological polar surface area (TPSA) is 78.5 Å². The van der Waals surface area contributed by atoms with E-state index in [2.05, 4.69) is 10.6 Å². The highest BCUT2D eigenvalue weighted by Crippen LogP contribution is 2.18. The molecule has 1 aromatic rings. The second-order valence-electron chi connectivity index (χ2n) is 7.51. The molecular formula is C20H29N3O3. The van der Waals surface area contributed by atoms with Gasteiger partial charge in [-0.05, 0) is 43.7 Å². The lowest BCUT2D eigenvalue weighted by atomic mass is 10.0. The van der Waals surface area contributed by atoms with E-state index >= 15 is 0 Å². The zero-order valence-electron chi connectivity index (χ0n) is 16.0. The molecule has 0 heterocycles. The largest absolute Gasteiger partial charge is 0.352 e. The quantitative estimate of drug-likeness (QED) is 0.744. The van der Waals surface area contributed by atoms with Crippen LogP contribution >= 0.6 is 0 Å². The summed E-state index contributed by atoms with van der Waals surface area (Å²) in [4.78, 5) is 38.7. The van der Waals surface area contributed by atoms with Crippen LogP contribution in [0.2, 0.25) is 0 Å². The summed E-state index contributed by atoms with van der Waals surface area (Å²) < 4.78 is 0. The molecule has 1 saturated carbocycles. The van der Waals surface area contributed by atoms with Gasteiger partial charge in [-0.15, -0.1) is 0 Å². The lowest BCUT2D eigenvalue weighted by Crippen LogP contribution is -2.50. The van der Waals surface area contributed by atoms with Crippen LogP contribution in [-0.2, 0) is 9.59 Å². The highest BCUT2D eigenvalue weighted by Gasteiger charge is 2.28. The van der Waals surface area contributed by atoms with Crippen molar-refractivity contribution in [3.63, 3.8) is 0 Å². The van der Waals surface area contributed by atoms with E-state index in [9.17, 15) is 14.4 Å². The zero-order valence-corrected chi connectivity index (χ0v) is 16.0. The molecule has 2 rings (SSSR count). The van der Waals surface area contributed by atoms with Crippen LogP contribution in [0.25, 0.3) is 0 Å². The van der Waals surface area contributed by atoms with Crippen molar-refractivity contribution in [2.24, 2.45) is 5.92 Å². The Balaban J connectivity index is 2.02. The highest BCUT2D eigenvalue weighted by molar-refractivity contribution is 5.99. The van der Waals surface area contributed by atoms with E-state index in [4.69, 9.17) is 0 Å². The summed E-state index contributed by atoms with van der Waals surface area (Å²) in [7, 11) is 1.60. The Labute approximate surface area is 155 Å². The van der Waals surface area contributed by atoms with Gasteiger partial charge in [-0.1, -0.05) is 32.0 Å². The second-order valence-corrected chi connectivity index (χ2v) is 7.51. The first-order valence-electron chi connectivity index (χ1n) is 9.18. The van der Waals surface area contributed by atoms with Crippen molar-refractivity contribution in [3.05, 3.63) is 35.4 Å². The predicted octanol–water partition coefficient (Wildman–Crippen LogP) is 1.88. The molecule has 0 aromatic heterocycles. The summed E-state index contributed by atoms with van der Waals surface area (Å²) in [5.74, 6) is -0.434. The summed E-state index contributed by atoms with van der Waals surface area (Å²) in [6, 6.07) is 6.89. The molecule has 142 valence electrons. The average molecular weight is 359 g/mol. The Hall–Kier alpha value is -2.37. The van der Waals surface area contributed by atoms with Crippen LogP contribution in [0.15, 0.2) is 24.3 Å². The molecule has 0 spiro atoms. The monoisotopic (exact) mass is 359 g/mol. The number of carbonyl (C=O) groups excluding carboxylic acids is 3. The van der Waals surface area contributed by atoms with Crippen molar-refractivity contribution in [1.29, 1.82) is 0 Å². The SMILES string of the molecule is Cc1ccccc1C(=O)NC(CC(C)C)C(=O)N(C)CC(=O)NC1CC1. The van der Waals surface area contributed by atoms with E-state index in [0.29, 0.717) is 12.0 Å². The van der Waals surface area contributed by atoms with Gasteiger partial charge in [0, 0.05) is 18.7 Å². The van der Waals surface area contributed by atoms with Gasteiger partial charge in [-0.25, -0.2) is 0 Å². The number of aryl methyl sites for hydroxylation is 1. The Morgan fingerprint density at radius 1 is 1.19 bits per heavy atom. The van der Waals surface area contributed by atoms with Gasteiger partial charge in [0.15, 0.2) is 0 Å². The summed E-state index contributed by atoms with van der Waals surface area (Å²) in [6.45, 7) is 5.87. The van der Waals surface area contributed by atoms with Crippen molar-refractivity contribution in [1.82, 2.24) is 15.5 Å². The fourth-order valence-corrected chi connectivity index (χ4v) is 2.82. The normalized spacial score (nSPS) is 14.7. The average Bonchev–Trinajstić information content (AvgIpc) is 3.37. The number of carbonyl (C=O) groups is 3. The lowest BCUT2D eigenvalue weighted by Gasteiger charge is -2.25. The van der Waals surface area contributed by atoms with Crippen molar-refractivity contribution in [3.8, 4) is 0 Å². The fourth-order valence-electron chi connectivity index (χ4n) is 2.82. The maximum Gasteiger partial charge on any atom is 0.252 e. The molecule has 3 amide bonds.